The van der Waals surface area contributed by atoms with Crippen LogP contribution in [0.3, 0.4) is 0 Å². The van der Waals surface area contributed by atoms with Gasteiger partial charge in [-0.25, -0.2) is 9.97 Å². The zero-order valence-corrected chi connectivity index (χ0v) is 19.1. The largest absolute Gasteiger partial charge is 0.339 e. The average molecular weight is 453 g/mol. The molecular weight excluding hydrogens is 428 g/mol. The van der Waals surface area contributed by atoms with Crippen molar-refractivity contribution in [3.05, 3.63) is 46.7 Å². The molecule has 156 valence electrons. The summed E-state index contributed by atoms with van der Waals surface area (Å²) in [7, 11) is 0. The normalized spacial score (nSPS) is 11.7. The van der Waals surface area contributed by atoms with Crippen molar-refractivity contribution in [1.82, 2.24) is 15.3 Å². The Labute approximate surface area is 185 Å². The number of aryl methyl sites for hydroxylation is 1. The number of carbonyl (C=O) groups excluding carboxylic acids is 2. The molecule has 2 N–H and O–H groups in total. The summed E-state index contributed by atoms with van der Waals surface area (Å²) in [4.78, 5) is 34.0. The Morgan fingerprint density at radius 2 is 1.93 bits per heavy atom. The lowest BCUT2D eigenvalue weighted by atomic mass is 10.1. The van der Waals surface area contributed by atoms with Gasteiger partial charge in [-0.1, -0.05) is 48.0 Å². The zero-order valence-electron chi connectivity index (χ0n) is 16.7. The van der Waals surface area contributed by atoms with E-state index in [2.05, 4.69) is 27.5 Å². The van der Waals surface area contributed by atoms with E-state index in [1.807, 2.05) is 37.4 Å². The highest BCUT2D eigenvalue weighted by molar-refractivity contribution is 7.99. The maximum atomic E-state index is 12.8. The summed E-state index contributed by atoms with van der Waals surface area (Å²) in [5.74, 6) is 0.808. The summed E-state index contributed by atoms with van der Waals surface area (Å²) in [5.41, 5.74) is 1.87. The third-order valence-electron chi connectivity index (χ3n) is 3.92. The molecule has 0 aliphatic rings. The smallest absolute Gasteiger partial charge is 0.272 e. The number of halogens is 1. The highest BCUT2D eigenvalue weighted by Gasteiger charge is 2.23. The predicted molar refractivity (Wildman–Crippen MR) is 122 cm³/mol. The molecule has 0 bridgehead atoms. The summed E-state index contributed by atoms with van der Waals surface area (Å²) in [6, 6.07) is 6.80. The Kier molecular flexibility index (Phi) is 9.76. The zero-order chi connectivity index (χ0) is 21.2. The van der Waals surface area contributed by atoms with Crippen LogP contribution in [0.2, 0.25) is 5.02 Å². The van der Waals surface area contributed by atoms with Gasteiger partial charge < -0.3 is 10.6 Å². The Hall–Kier alpha value is -1.77. The van der Waals surface area contributed by atoms with E-state index in [4.69, 9.17) is 11.6 Å². The summed E-state index contributed by atoms with van der Waals surface area (Å²) in [5, 5.41) is 6.28. The van der Waals surface area contributed by atoms with E-state index in [0.717, 1.165) is 23.5 Å². The first-order chi connectivity index (χ1) is 13.9. The third kappa shape index (κ3) is 7.53. The molecule has 0 spiro atoms. The van der Waals surface area contributed by atoms with Crippen LogP contribution in [0.4, 0.5) is 5.69 Å². The van der Waals surface area contributed by atoms with Gasteiger partial charge in [0.15, 0.2) is 10.9 Å². The van der Waals surface area contributed by atoms with E-state index in [0.29, 0.717) is 17.3 Å². The Morgan fingerprint density at radius 3 is 2.59 bits per heavy atom. The van der Waals surface area contributed by atoms with Crippen molar-refractivity contribution in [2.45, 2.75) is 37.9 Å². The lowest BCUT2D eigenvalue weighted by Crippen LogP contribution is -2.44. The molecule has 0 unspecified atom stereocenters. The fraction of sp³-hybridized carbons (Fsp3) is 0.400. The molecule has 2 aromatic rings. The number of nitrogens with one attached hydrogen (secondary N) is 2. The molecule has 1 heterocycles. The van der Waals surface area contributed by atoms with Crippen molar-refractivity contribution in [3.63, 3.8) is 0 Å². The maximum Gasteiger partial charge on any atom is 0.272 e. The Balaban J connectivity index is 2.13. The summed E-state index contributed by atoms with van der Waals surface area (Å²) in [6.07, 6.45) is 4.83. The molecule has 0 aliphatic carbocycles. The minimum absolute atomic E-state index is 0.0811. The van der Waals surface area contributed by atoms with Crippen LogP contribution >= 0.6 is 35.1 Å². The Bertz CT molecular complexity index is 834. The number of hydrogen-bond acceptors (Lipinski definition) is 6. The number of carbonyl (C=O) groups is 2. The van der Waals surface area contributed by atoms with E-state index >= 15 is 0 Å². The molecule has 0 radical (unpaired) electrons. The molecule has 2 rings (SSSR count). The molecule has 6 nitrogen and oxygen atoms in total. The highest BCUT2D eigenvalue weighted by Crippen LogP contribution is 2.19. The van der Waals surface area contributed by atoms with Gasteiger partial charge in [-0.2, -0.15) is 11.8 Å². The van der Waals surface area contributed by atoms with Gasteiger partial charge in [0.1, 0.15) is 6.04 Å². The Morgan fingerprint density at radius 1 is 1.21 bits per heavy atom. The van der Waals surface area contributed by atoms with Crippen molar-refractivity contribution < 1.29 is 9.59 Å². The van der Waals surface area contributed by atoms with Crippen LogP contribution in [-0.2, 0) is 4.79 Å². The molecule has 1 aromatic carbocycles. The second kappa shape index (κ2) is 12.0. The number of thioether (sulfide) groups is 2. The van der Waals surface area contributed by atoms with Crippen molar-refractivity contribution in [3.8, 4) is 0 Å². The maximum absolute atomic E-state index is 12.8. The summed E-state index contributed by atoms with van der Waals surface area (Å²) >= 11 is 9.20. The van der Waals surface area contributed by atoms with Crippen LogP contribution < -0.4 is 10.6 Å². The van der Waals surface area contributed by atoms with E-state index in [1.165, 1.54) is 18.0 Å². The minimum atomic E-state index is -0.700. The van der Waals surface area contributed by atoms with Crippen molar-refractivity contribution in [2.24, 2.45) is 0 Å². The van der Waals surface area contributed by atoms with Gasteiger partial charge in [0.05, 0.1) is 11.2 Å². The lowest BCUT2D eigenvalue weighted by Gasteiger charge is -2.18. The number of amides is 2. The van der Waals surface area contributed by atoms with Crippen molar-refractivity contribution >= 4 is 52.6 Å². The third-order valence-corrected chi connectivity index (χ3v) is 5.91. The number of anilines is 1. The van der Waals surface area contributed by atoms with Crippen molar-refractivity contribution in [1.29, 1.82) is 0 Å². The van der Waals surface area contributed by atoms with Crippen LogP contribution in [0.15, 0.2) is 35.6 Å². The fourth-order valence-electron chi connectivity index (χ4n) is 2.37. The minimum Gasteiger partial charge on any atom is -0.339 e. The predicted octanol–water partition coefficient (Wildman–Crippen LogP) is 4.43. The molecule has 0 aliphatic heterocycles. The van der Waals surface area contributed by atoms with Crippen LogP contribution in [0.1, 0.15) is 35.8 Å². The van der Waals surface area contributed by atoms with E-state index < -0.39 is 11.9 Å². The monoisotopic (exact) mass is 452 g/mol. The molecule has 0 saturated carbocycles. The first-order valence-corrected chi connectivity index (χ1v) is 12.0. The van der Waals surface area contributed by atoms with Crippen molar-refractivity contribution in [2.75, 3.05) is 23.1 Å². The average Bonchev–Trinajstić information content (AvgIpc) is 2.71. The fourth-order valence-corrected chi connectivity index (χ4v) is 3.69. The number of nitrogens with zero attached hydrogens (tertiary/aromatic N) is 2. The van der Waals surface area contributed by atoms with Crippen LogP contribution in [0.5, 0.6) is 0 Å². The standard InChI is InChI=1S/C20H25ClN4O2S2/c1-4-10-29-20-22-12-15(21)17(25-20)19(27)24-16(9-11-28-3)18(26)23-14-7-5-13(2)6-8-14/h5-8,12,16H,4,9-11H2,1-3H3,(H,23,26)(H,24,27)/t16-/m1/s1. The van der Waals surface area contributed by atoms with Gasteiger partial charge in [-0.05, 0) is 43.9 Å². The van der Waals surface area contributed by atoms with Gasteiger partial charge in [-0.15, -0.1) is 0 Å². The molecule has 1 aromatic heterocycles. The van der Waals surface area contributed by atoms with E-state index in [9.17, 15) is 9.59 Å². The SMILES string of the molecule is CCCSc1ncc(Cl)c(C(=O)N[C@H](CCSC)C(=O)Nc2ccc(C)cc2)n1. The molecule has 1 atom stereocenters. The molecule has 9 heteroatoms. The van der Waals surface area contributed by atoms with Crippen LogP contribution in [0.25, 0.3) is 0 Å². The van der Waals surface area contributed by atoms with Gasteiger partial charge in [0.2, 0.25) is 5.91 Å². The molecular formula is C20H25ClN4O2S2. The number of hydrogen-bond donors (Lipinski definition) is 2. The van der Waals surface area contributed by atoms with Gasteiger partial charge in [-0.3, -0.25) is 9.59 Å². The number of aromatic nitrogens is 2. The molecule has 29 heavy (non-hydrogen) atoms. The first kappa shape index (κ1) is 23.5. The van der Waals surface area contributed by atoms with Gasteiger partial charge in [0.25, 0.3) is 5.91 Å². The van der Waals surface area contributed by atoms with Gasteiger partial charge >= 0.3 is 0 Å². The number of benzene rings is 1. The molecule has 2 amide bonds. The summed E-state index contributed by atoms with van der Waals surface area (Å²) < 4.78 is 0. The van der Waals surface area contributed by atoms with E-state index in [-0.39, 0.29) is 16.6 Å². The van der Waals surface area contributed by atoms with Crippen LogP contribution in [0, 0.1) is 6.92 Å². The first-order valence-electron chi connectivity index (χ1n) is 9.27. The summed E-state index contributed by atoms with van der Waals surface area (Å²) in [6.45, 7) is 4.03. The van der Waals surface area contributed by atoms with E-state index in [1.54, 1.807) is 11.8 Å². The topological polar surface area (TPSA) is 84.0 Å². The van der Waals surface area contributed by atoms with Gasteiger partial charge in [0, 0.05) is 11.4 Å². The number of rotatable bonds is 10. The quantitative estimate of drug-likeness (QED) is 0.409. The highest BCUT2D eigenvalue weighted by atomic mass is 35.5. The second-order valence-electron chi connectivity index (χ2n) is 6.36. The molecule has 0 saturated heterocycles. The lowest BCUT2D eigenvalue weighted by molar-refractivity contribution is -0.118. The second-order valence-corrected chi connectivity index (χ2v) is 8.82. The van der Waals surface area contributed by atoms with Crippen LogP contribution in [-0.4, -0.2) is 45.6 Å². The molecule has 0 fully saturated rings.